The van der Waals surface area contributed by atoms with E-state index < -0.39 is 17.8 Å². The zero-order valence-corrected chi connectivity index (χ0v) is 14.4. The number of nitriles is 1. The molecule has 0 unspecified atom stereocenters. The number of rotatable bonds is 4. The van der Waals surface area contributed by atoms with Gasteiger partial charge in [0.05, 0.1) is 11.8 Å². The van der Waals surface area contributed by atoms with Crippen LogP contribution in [-0.2, 0) is 0 Å². The van der Waals surface area contributed by atoms with Gasteiger partial charge in [0.1, 0.15) is 17.7 Å². The molecule has 0 aliphatic carbocycles. The molecule has 1 N–H and O–H groups in total. The molecule has 0 spiro atoms. The summed E-state index contributed by atoms with van der Waals surface area (Å²) in [5.74, 6) is -0.878. The average Bonchev–Trinajstić information content (AvgIpc) is 3.03. The summed E-state index contributed by atoms with van der Waals surface area (Å²) in [5.41, 5.74) is 0.765. The first-order chi connectivity index (χ1) is 12.5. The first-order valence-corrected chi connectivity index (χ1v) is 8.02. The van der Waals surface area contributed by atoms with Crippen LogP contribution in [0.25, 0.3) is 5.69 Å². The number of nitrogens with zero attached hydrogens (tertiary/aromatic N) is 4. The highest BCUT2D eigenvalue weighted by atomic mass is 35.5. The van der Waals surface area contributed by atoms with Gasteiger partial charge in [0.2, 0.25) is 5.82 Å². The zero-order valence-electron chi connectivity index (χ0n) is 13.6. The van der Waals surface area contributed by atoms with Gasteiger partial charge in [-0.25, -0.2) is 14.1 Å². The van der Waals surface area contributed by atoms with E-state index in [4.69, 9.17) is 11.6 Å². The number of nitrogens with one attached hydrogen (secondary N) is 1. The van der Waals surface area contributed by atoms with Gasteiger partial charge in [0.15, 0.2) is 0 Å². The third-order valence-electron chi connectivity index (χ3n) is 3.66. The van der Waals surface area contributed by atoms with E-state index in [-0.39, 0.29) is 11.4 Å². The second-order valence-electron chi connectivity index (χ2n) is 5.43. The van der Waals surface area contributed by atoms with Gasteiger partial charge in [-0.05, 0) is 37.3 Å². The highest BCUT2D eigenvalue weighted by Gasteiger charge is 2.21. The van der Waals surface area contributed by atoms with Crippen LogP contribution < -0.4 is 5.32 Å². The third kappa shape index (κ3) is 3.55. The van der Waals surface area contributed by atoms with Crippen molar-refractivity contribution in [1.29, 1.82) is 5.26 Å². The molecule has 0 bridgehead atoms. The fourth-order valence-electron chi connectivity index (χ4n) is 2.40. The number of hydrogen-bond donors (Lipinski definition) is 1. The predicted molar refractivity (Wildman–Crippen MR) is 93.3 cm³/mol. The Kier molecular flexibility index (Phi) is 4.96. The van der Waals surface area contributed by atoms with Crippen LogP contribution in [0.5, 0.6) is 0 Å². The van der Waals surface area contributed by atoms with Crippen LogP contribution in [0.1, 0.15) is 28.0 Å². The Bertz CT molecular complexity index is 994. The summed E-state index contributed by atoms with van der Waals surface area (Å²) in [5, 5.41) is 16.5. The molecular weight excluding hydrogens is 357 g/mol. The number of aryl methyl sites for hydroxylation is 1. The molecule has 1 atom stereocenters. The molecule has 3 aromatic rings. The minimum absolute atomic E-state index is 0.0807. The van der Waals surface area contributed by atoms with Gasteiger partial charge < -0.3 is 5.32 Å². The van der Waals surface area contributed by atoms with Crippen LogP contribution in [0, 0.1) is 24.1 Å². The van der Waals surface area contributed by atoms with Crippen molar-refractivity contribution in [2.24, 2.45) is 0 Å². The molecule has 26 heavy (non-hydrogen) atoms. The summed E-state index contributed by atoms with van der Waals surface area (Å²) >= 11 is 5.87. The lowest BCUT2D eigenvalue weighted by atomic mass is 10.1. The number of carbonyl (C=O) groups is 1. The molecular formula is C18H13ClFN5O. The number of carbonyl (C=O) groups excluding carboxylic acids is 1. The molecule has 8 heteroatoms. The Balaban J connectivity index is 1.84. The van der Waals surface area contributed by atoms with Crippen LogP contribution in [0.15, 0.2) is 48.5 Å². The zero-order chi connectivity index (χ0) is 18.7. The normalized spacial score (nSPS) is 11.6. The summed E-state index contributed by atoms with van der Waals surface area (Å²) in [4.78, 5) is 16.5. The van der Waals surface area contributed by atoms with Gasteiger partial charge in [0.25, 0.3) is 5.91 Å². The van der Waals surface area contributed by atoms with Gasteiger partial charge in [-0.15, -0.1) is 5.10 Å². The molecule has 6 nitrogen and oxygen atoms in total. The molecule has 0 fully saturated rings. The number of amides is 1. The molecule has 1 amide bonds. The largest absolute Gasteiger partial charge is 0.330 e. The quantitative estimate of drug-likeness (QED) is 0.764. The molecule has 1 aromatic heterocycles. The van der Waals surface area contributed by atoms with Crippen molar-refractivity contribution in [1.82, 2.24) is 20.1 Å². The highest BCUT2D eigenvalue weighted by molar-refractivity contribution is 6.30. The van der Waals surface area contributed by atoms with Gasteiger partial charge in [-0.1, -0.05) is 29.8 Å². The van der Waals surface area contributed by atoms with Gasteiger partial charge in [-0.3, -0.25) is 4.79 Å². The number of aromatic nitrogens is 3. The standard InChI is InChI=1S/C18H13ClFN5O/c1-11-22-17(24-25(11)13-8-6-12(19)7-9-13)18(26)23-16(10-21)14-4-2-3-5-15(14)20/h2-9,16H,1H3,(H,23,26)/t16-/m0/s1. The van der Waals surface area contributed by atoms with Crippen LogP contribution in [0.4, 0.5) is 4.39 Å². The first kappa shape index (κ1) is 17.6. The molecule has 0 saturated carbocycles. The maximum atomic E-state index is 13.9. The van der Waals surface area contributed by atoms with E-state index in [1.807, 2.05) is 6.07 Å². The summed E-state index contributed by atoms with van der Waals surface area (Å²) in [6, 6.07) is 13.4. The van der Waals surface area contributed by atoms with Crippen LogP contribution in [0.3, 0.4) is 0 Å². The topological polar surface area (TPSA) is 83.6 Å². The summed E-state index contributed by atoms with van der Waals surface area (Å²) in [6.45, 7) is 1.69. The fourth-order valence-corrected chi connectivity index (χ4v) is 2.52. The van der Waals surface area contributed by atoms with Crippen LogP contribution >= 0.6 is 11.6 Å². The van der Waals surface area contributed by atoms with Gasteiger partial charge in [0, 0.05) is 10.6 Å². The maximum absolute atomic E-state index is 13.9. The summed E-state index contributed by atoms with van der Waals surface area (Å²) < 4.78 is 15.3. The van der Waals surface area contributed by atoms with Crippen LogP contribution in [-0.4, -0.2) is 20.7 Å². The Labute approximate surface area is 153 Å². The van der Waals surface area contributed by atoms with Crippen molar-refractivity contribution in [3.63, 3.8) is 0 Å². The van der Waals surface area contributed by atoms with Gasteiger partial charge >= 0.3 is 0 Å². The smallest absolute Gasteiger partial charge is 0.292 e. The fraction of sp³-hybridized carbons (Fsp3) is 0.111. The van der Waals surface area contributed by atoms with E-state index in [9.17, 15) is 14.4 Å². The van der Waals surface area contributed by atoms with E-state index in [0.717, 1.165) is 0 Å². The molecule has 0 aliphatic heterocycles. The minimum atomic E-state index is -1.15. The molecule has 0 aliphatic rings. The van der Waals surface area contributed by atoms with Crippen molar-refractivity contribution in [2.75, 3.05) is 0 Å². The second-order valence-corrected chi connectivity index (χ2v) is 5.86. The predicted octanol–water partition coefficient (Wildman–Crippen LogP) is 3.36. The summed E-state index contributed by atoms with van der Waals surface area (Å²) in [7, 11) is 0. The lowest BCUT2D eigenvalue weighted by Gasteiger charge is -2.11. The molecule has 2 aromatic carbocycles. The van der Waals surface area contributed by atoms with Gasteiger partial charge in [-0.2, -0.15) is 5.26 Å². The third-order valence-corrected chi connectivity index (χ3v) is 3.92. The maximum Gasteiger partial charge on any atom is 0.292 e. The lowest BCUT2D eigenvalue weighted by Crippen LogP contribution is -2.29. The number of halogens is 2. The van der Waals surface area contributed by atoms with E-state index in [0.29, 0.717) is 16.5 Å². The summed E-state index contributed by atoms with van der Waals surface area (Å²) in [6.07, 6.45) is 0. The van der Waals surface area contributed by atoms with Crippen molar-refractivity contribution < 1.29 is 9.18 Å². The van der Waals surface area contributed by atoms with E-state index in [1.54, 1.807) is 37.3 Å². The highest BCUT2D eigenvalue weighted by Crippen LogP contribution is 2.17. The average molecular weight is 370 g/mol. The Morgan fingerprint density at radius 3 is 2.62 bits per heavy atom. The van der Waals surface area contributed by atoms with Crippen molar-refractivity contribution >= 4 is 17.5 Å². The second kappa shape index (κ2) is 7.33. The monoisotopic (exact) mass is 369 g/mol. The SMILES string of the molecule is Cc1nc(C(=O)N[C@@H](C#N)c2ccccc2F)nn1-c1ccc(Cl)cc1. The Morgan fingerprint density at radius 1 is 1.27 bits per heavy atom. The van der Waals surface area contributed by atoms with Crippen molar-refractivity contribution in [3.8, 4) is 11.8 Å². The van der Waals surface area contributed by atoms with E-state index >= 15 is 0 Å². The van der Waals surface area contributed by atoms with E-state index in [1.165, 1.54) is 22.9 Å². The molecule has 130 valence electrons. The molecule has 3 rings (SSSR count). The van der Waals surface area contributed by atoms with Crippen LogP contribution in [0.2, 0.25) is 5.02 Å². The number of hydrogen-bond acceptors (Lipinski definition) is 4. The first-order valence-electron chi connectivity index (χ1n) is 7.64. The number of benzene rings is 2. The minimum Gasteiger partial charge on any atom is -0.330 e. The Hall–Kier alpha value is -3.24. The molecule has 1 heterocycles. The van der Waals surface area contributed by atoms with Crippen molar-refractivity contribution in [2.45, 2.75) is 13.0 Å². The lowest BCUT2D eigenvalue weighted by molar-refractivity contribution is 0.0934. The Morgan fingerprint density at radius 2 is 1.96 bits per heavy atom. The van der Waals surface area contributed by atoms with E-state index in [2.05, 4.69) is 15.4 Å². The molecule has 0 radical (unpaired) electrons. The molecule has 0 saturated heterocycles. The van der Waals surface area contributed by atoms with Crippen molar-refractivity contribution in [3.05, 3.63) is 76.6 Å².